The smallest absolute Gasteiger partial charge is 0.280 e. The number of sulfone groups is 1. The molecular weight excluding hydrogens is 486 g/mol. The van der Waals surface area contributed by atoms with Crippen LogP contribution in [0.25, 0.3) is 0 Å². The van der Waals surface area contributed by atoms with Gasteiger partial charge in [0.15, 0.2) is 21.4 Å². The normalized spacial score (nSPS) is 29.3. The molecule has 1 N–H and O–H groups in total. The lowest BCUT2D eigenvalue weighted by Gasteiger charge is -2.54. The van der Waals surface area contributed by atoms with Gasteiger partial charge in [-0.2, -0.15) is 12.7 Å². The molecule has 0 radical (unpaired) electrons. The molecule has 0 unspecified atom stereocenters. The van der Waals surface area contributed by atoms with Crippen LogP contribution in [0.3, 0.4) is 0 Å². The van der Waals surface area contributed by atoms with Gasteiger partial charge in [0.2, 0.25) is 0 Å². The Kier molecular flexibility index (Phi) is 5.06. The van der Waals surface area contributed by atoms with Gasteiger partial charge in [-0.25, -0.2) is 21.9 Å². The summed E-state index contributed by atoms with van der Waals surface area (Å²) in [5, 5.41) is 0.300. The van der Waals surface area contributed by atoms with Crippen LogP contribution in [0.1, 0.15) is 24.8 Å². The van der Waals surface area contributed by atoms with Crippen molar-refractivity contribution in [1.29, 1.82) is 0 Å². The fourth-order valence-corrected chi connectivity index (χ4v) is 9.40. The van der Waals surface area contributed by atoms with Gasteiger partial charge in [-0.3, -0.25) is 0 Å². The highest BCUT2D eigenvalue weighted by Gasteiger charge is 2.64. The monoisotopic (exact) mass is 504 g/mol. The highest BCUT2D eigenvalue weighted by atomic mass is 35.5. The molecule has 0 amide bonds. The zero-order valence-electron chi connectivity index (χ0n) is 16.6. The first-order valence-electron chi connectivity index (χ1n) is 9.99. The van der Waals surface area contributed by atoms with Crippen LogP contribution in [0.2, 0.25) is 5.02 Å². The first-order chi connectivity index (χ1) is 15.1. The highest BCUT2D eigenvalue weighted by molar-refractivity contribution is 7.92. The van der Waals surface area contributed by atoms with Crippen molar-refractivity contribution in [1.82, 2.24) is 9.03 Å². The Morgan fingerprint density at radius 1 is 1.09 bits per heavy atom. The van der Waals surface area contributed by atoms with Gasteiger partial charge < -0.3 is 4.74 Å². The summed E-state index contributed by atoms with van der Waals surface area (Å²) in [5.41, 5.74) is -0.470. The van der Waals surface area contributed by atoms with E-state index in [1.165, 1.54) is 24.3 Å². The minimum absolute atomic E-state index is 0.0873. The van der Waals surface area contributed by atoms with Gasteiger partial charge in [-0.05, 0) is 55.7 Å². The van der Waals surface area contributed by atoms with Crippen molar-refractivity contribution in [3.05, 3.63) is 58.6 Å². The van der Waals surface area contributed by atoms with Crippen LogP contribution >= 0.6 is 11.6 Å². The first-order valence-corrected chi connectivity index (χ1v) is 13.3. The van der Waals surface area contributed by atoms with Gasteiger partial charge in [0.1, 0.15) is 17.2 Å². The molecule has 32 heavy (non-hydrogen) atoms. The summed E-state index contributed by atoms with van der Waals surface area (Å²) >= 11 is 5.92. The Balaban J connectivity index is 1.83. The van der Waals surface area contributed by atoms with Crippen molar-refractivity contribution in [2.75, 3.05) is 13.2 Å². The zero-order valence-corrected chi connectivity index (χ0v) is 19.0. The summed E-state index contributed by atoms with van der Waals surface area (Å²) < 4.78 is 91.1. The molecular formula is C20H19ClF2N2O5S2. The summed E-state index contributed by atoms with van der Waals surface area (Å²) in [6.07, 6.45) is 0.543. The van der Waals surface area contributed by atoms with Crippen molar-refractivity contribution in [3.8, 4) is 5.75 Å². The molecule has 3 aliphatic heterocycles. The average Bonchev–Trinajstić information content (AvgIpc) is 2.75. The molecule has 7 nitrogen and oxygen atoms in total. The number of ether oxygens (including phenoxy) is 1. The van der Waals surface area contributed by atoms with Crippen molar-refractivity contribution in [3.63, 3.8) is 0 Å². The van der Waals surface area contributed by atoms with Crippen LogP contribution in [0.5, 0.6) is 5.75 Å². The molecule has 0 aromatic heterocycles. The van der Waals surface area contributed by atoms with E-state index in [0.717, 1.165) is 16.4 Å². The summed E-state index contributed by atoms with van der Waals surface area (Å²) in [4.78, 5) is -0.163. The maximum atomic E-state index is 15.3. The Bertz CT molecular complexity index is 1300. The predicted octanol–water partition coefficient (Wildman–Crippen LogP) is 2.75. The molecule has 3 heterocycles. The number of nitrogens with zero attached hydrogens (tertiary/aromatic N) is 1. The summed E-state index contributed by atoms with van der Waals surface area (Å²) in [5.74, 6) is -2.38. The van der Waals surface area contributed by atoms with E-state index in [4.69, 9.17) is 16.3 Å². The Hall–Kier alpha value is -1.79. The fraction of sp³-hybridized carbons (Fsp3) is 0.400. The second-order valence-corrected chi connectivity index (χ2v) is 12.4. The van der Waals surface area contributed by atoms with E-state index < -0.39 is 66.4 Å². The first kappa shape index (κ1) is 22.0. The number of fused-ring (bicyclic) bond motifs is 5. The number of nitrogens with one attached hydrogen (secondary N) is 1. The third kappa shape index (κ3) is 2.95. The SMILES string of the molecule is O=S1(=O)NCC[C@@H]2CC[C@@]3(S(=O)(=O)c4ccc(Cl)cc4)c4c(F)ccc(F)c4OC[C@H]3N21. The number of benzene rings is 2. The van der Waals surface area contributed by atoms with Crippen LogP contribution in [0.15, 0.2) is 41.3 Å². The van der Waals surface area contributed by atoms with Crippen molar-refractivity contribution >= 4 is 31.6 Å². The molecule has 5 rings (SSSR count). The Morgan fingerprint density at radius 3 is 2.50 bits per heavy atom. The van der Waals surface area contributed by atoms with Crippen LogP contribution in [0.4, 0.5) is 8.78 Å². The highest BCUT2D eigenvalue weighted by Crippen LogP contribution is 2.55. The van der Waals surface area contributed by atoms with Crippen LogP contribution in [-0.2, 0) is 24.8 Å². The molecule has 2 aromatic rings. The average molecular weight is 505 g/mol. The minimum atomic E-state index is -4.43. The summed E-state index contributed by atoms with van der Waals surface area (Å²) in [7, 11) is -8.50. The van der Waals surface area contributed by atoms with Gasteiger partial charge in [-0.15, -0.1) is 0 Å². The number of hydrogen-bond acceptors (Lipinski definition) is 5. The van der Waals surface area contributed by atoms with Crippen LogP contribution in [-0.4, -0.2) is 46.4 Å². The van der Waals surface area contributed by atoms with Gasteiger partial charge in [-0.1, -0.05) is 11.6 Å². The number of hydrogen-bond donors (Lipinski definition) is 1. The fourth-order valence-electron chi connectivity index (χ4n) is 5.20. The van der Waals surface area contributed by atoms with E-state index in [1.54, 1.807) is 0 Å². The van der Waals surface area contributed by atoms with E-state index in [2.05, 4.69) is 4.72 Å². The van der Waals surface area contributed by atoms with Crippen LogP contribution in [0, 0.1) is 11.6 Å². The molecule has 2 fully saturated rings. The standard InChI is InChI=1S/C20H19ClF2N2O5S2/c21-12-1-3-14(4-2-12)31(26,27)20-9-7-13-8-10-24-32(28,29)25(13)17(20)11-30-19-16(23)6-5-15(22)18(19)20/h1-6,13,17,24H,7-11H2/t13-,17+,20-/m0/s1. The van der Waals surface area contributed by atoms with E-state index in [0.29, 0.717) is 11.4 Å². The van der Waals surface area contributed by atoms with Gasteiger partial charge in [0.25, 0.3) is 10.2 Å². The molecule has 2 saturated heterocycles. The number of halogens is 3. The maximum Gasteiger partial charge on any atom is 0.280 e. The van der Waals surface area contributed by atoms with Gasteiger partial charge in [0, 0.05) is 17.6 Å². The summed E-state index contributed by atoms with van der Waals surface area (Å²) in [6, 6.07) is 5.27. The van der Waals surface area contributed by atoms with Crippen molar-refractivity contribution in [2.24, 2.45) is 0 Å². The summed E-state index contributed by atoms with van der Waals surface area (Å²) in [6.45, 7) is -0.217. The largest absolute Gasteiger partial charge is 0.488 e. The third-order valence-electron chi connectivity index (χ3n) is 6.56. The molecule has 0 spiro atoms. The molecule has 12 heteroatoms. The van der Waals surface area contributed by atoms with Crippen molar-refractivity contribution < 1.29 is 30.4 Å². The molecule has 3 aliphatic rings. The number of piperidine rings is 1. The minimum Gasteiger partial charge on any atom is -0.488 e. The molecule has 2 aromatic carbocycles. The Labute approximate surface area is 189 Å². The lowest BCUT2D eigenvalue weighted by atomic mass is 9.78. The predicted molar refractivity (Wildman–Crippen MR) is 112 cm³/mol. The van der Waals surface area contributed by atoms with E-state index in [1.807, 2.05) is 0 Å². The zero-order chi connectivity index (χ0) is 22.9. The lowest BCUT2D eigenvalue weighted by Crippen LogP contribution is -2.70. The molecule has 0 bridgehead atoms. The van der Waals surface area contributed by atoms with Gasteiger partial charge in [0.05, 0.1) is 16.5 Å². The molecule has 172 valence electrons. The second kappa shape index (κ2) is 7.36. The lowest BCUT2D eigenvalue weighted by molar-refractivity contribution is 0.0565. The Morgan fingerprint density at radius 2 is 1.78 bits per heavy atom. The van der Waals surface area contributed by atoms with E-state index in [9.17, 15) is 21.2 Å². The molecule has 0 saturated carbocycles. The van der Waals surface area contributed by atoms with E-state index in [-0.39, 0.29) is 24.3 Å². The van der Waals surface area contributed by atoms with Gasteiger partial charge >= 0.3 is 0 Å². The number of rotatable bonds is 2. The van der Waals surface area contributed by atoms with Crippen molar-refractivity contribution in [2.45, 2.75) is 41.0 Å². The van der Waals surface area contributed by atoms with Crippen LogP contribution < -0.4 is 9.46 Å². The maximum absolute atomic E-state index is 15.3. The second-order valence-electron chi connectivity index (χ2n) is 8.12. The third-order valence-corrected chi connectivity index (χ3v) is 11.0. The molecule has 3 atom stereocenters. The van der Waals surface area contributed by atoms with E-state index >= 15 is 4.39 Å². The quantitative estimate of drug-likeness (QED) is 0.679. The topological polar surface area (TPSA) is 92.8 Å². The molecule has 0 aliphatic carbocycles.